The fourth-order valence-corrected chi connectivity index (χ4v) is 5.08. The van der Waals surface area contributed by atoms with Crippen LogP contribution in [0.15, 0.2) is 29.2 Å². The summed E-state index contributed by atoms with van der Waals surface area (Å²) in [7, 11) is -3.52. The zero-order valence-corrected chi connectivity index (χ0v) is 17.9. The van der Waals surface area contributed by atoms with Crippen LogP contribution in [0.25, 0.3) is 0 Å². The molecule has 1 aromatic heterocycles. The van der Waals surface area contributed by atoms with E-state index in [-0.39, 0.29) is 5.69 Å². The maximum atomic E-state index is 12.9. The van der Waals surface area contributed by atoms with Gasteiger partial charge >= 0.3 is 5.69 Å². The summed E-state index contributed by atoms with van der Waals surface area (Å²) in [6, 6.07) is 7.12. The molecule has 0 N–H and O–H groups in total. The molecule has 0 aliphatic carbocycles. The Balaban J connectivity index is 1.64. The maximum Gasteiger partial charge on any atom is 0.312 e. The molecule has 0 amide bonds. The van der Waals surface area contributed by atoms with Crippen molar-refractivity contribution in [1.82, 2.24) is 19.0 Å². The summed E-state index contributed by atoms with van der Waals surface area (Å²) in [6.07, 6.45) is 1.95. The largest absolute Gasteiger partial charge is 0.312 e. The lowest BCUT2D eigenvalue weighted by Crippen LogP contribution is -2.49. The number of nitrogens with zero attached hydrogens (tertiary/aromatic N) is 5. The minimum Gasteiger partial charge on any atom is -0.282 e. The molecule has 9 nitrogen and oxygen atoms in total. The van der Waals surface area contributed by atoms with E-state index in [9.17, 15) is 18.5 Å². The first-order valence-electron chi connectivity index (χ1n) is 9.74. The van der Waals surface area contributed by atoms with E-state index in [0.717, 1.165) is 18.4 Å². The predicted molar refractivity (Wildman–Crippen MR) is 109 cm³/mol. The quantitative estimate of drug-likeness (QED) is 0.502. The second-order valence-electron chi connectivity index (χ2n) is 7.33. The molecule has 0 unspecified atom stereocenters. The van der Waals surface area contributed by atoms with E-state index in [2.05, 4.69) is 16.9 Å². The van der Waals surface area contributed by atoms with E-state index in [1.165, 1.54) is 4.31 Å². The van der Waals surface area contributed by atoms with Crippen molar-refractivity contribution in [2.45, 2.75) is 45.2 Å². The Labute approximate surface area is 171 Å². The molecule has 1 saturated heterocycles. The second-order valence-corrected chi connectivity index (χ2v) is 9.27. The van der Waals surface area contributed by atoms with Crippen LogP contribution in [0.5, 0.6) is 0 Å². The van der Waals surface area contributed by atoms with Crippen LogP contribution in [0.4, 0.5) is 5.69 Å². The molecule has 3 rings (SSSR count). The Morgan fingerprint density at radius 1 is 1.10 bits per heavy atom. The third-order valence-corrected chi connectivity index (χ3v) is 7.20. The molecule has 0 spiro atoms. The van der Waals surface area contributed by atoms with E-state index >= 15 is 0 Å². The molecule has 1 aromatic carbocycles. The number of hydrogen-bond donors (Lipinski definition) is 0. The van der Waals surface area contributed by atoms with Crippen LogP contribution in [0, 0.1) is 24.0 Å². The zero-order valence-electron chi connectivity index (χ0n) is 17.0. The summed E-state index contributed by atoms with van der Waals surface area (Å²) in [5.41, 5.74) is 2.07. The molecule has 10 heteroatoms. The highest BCUT2D eigenvalue weighted by atomic mass is 32.2. The van der Waals surface area contributed by atoms with Crippen molar-refractivity contribution >= 4 is 15.7 Å². The zero-order chi connectivity index (χ0) is 21.2. The average Bonchev–Trinajstić information content (AvgIpc) is 2.96. The Hall–Kier alpha value is -2.30. The molecular formula is C19H27N5O4S. The first-order valence-corrected chi connectivity index (χ1v) is 11.2. The van der Waals surface area contributed by atoms with Gasteiger partial charge in [-0.1, -0.05) is 25.5 Å². The number of nitro groups is 1. The van der Waals surface area contributed by atoms with Crippen molar-refractivity contribution in [2.24, 2.45) is 0 Å². The van der Waals surface area contributed by atoms with E-state index in [0.29, 0.717) is 49.1 Å². The van der Waals surface area contributed by atoms with Gasteiger partial charge in [-0.15, -0.1) is 0 Å². The Bertz CT molecular complexity index is 977. The fourth-order valence-electron chi connectivity index (χ4n) is 3.66. The van der Waals surface area contributed by atoms with Crippen molar-refractivity contribution in [3.05, 3.63) is 51.3 Å². The van der Waals surface area contributed by atoms with Gasteiger partial charge in [-0.25, -0.2) is 13.1 Å². The third kappa shape index (κ3) is 4.49. The maximum absolute atomic E-state index is 12.9. The molecule has 2 aromatic rings. The average molecular weight is 422 g/mol. The Morgan fingerprint density at radius 3 is 2.24 bits per heavy atom. The highest BCUT2D eigenvalue weighted by Gasteiger charge is 2.29. The van der Waals surface area contributed by atoms with Crippen molar-refractivity contribution in [3.63, 3.8) is 0 Å². The van der Waals surface area contributed by atoms with Crippen LogP contribution in [-0.4, -0.2) is 58.5 Å². The van der Waals surface area contributed by atoms with Gasteiger partial charge in [0.2, 0.25) is 10.0 Å². The van der Waals surface area contributed by atoms with Crippen LogP contribution < -0.4 is 0 Å². The van der Waals surface area contributed by atoms with Gasteiger partial charge in [-0.2, -0.15) is 9.40 Å². The van der Waals surface area contributed by atoms with Gasteiger partial charge in [-0.3, -0.25) is 15.0 Å². The number of benzene rings is 1. The summed E-state index contributed by atoms with van der Waals surface area (Å²) in [6.45, 7) is 7.63. The van der Waals surface area contributed by atoms with E-state index in [4.69, 9.17) is 0 Å². The van der Waals surface area contributed by atoms with Crippen molar-refractivity contribution < 1.29 is 13.3 Å². The van der Waals surface area contributed by atoms with Gasteiger partial charge in [-0.05, 0) is 38.0 Å². The van der Waals surface area contributed by atoms with Crippen molar-refractivity contribution in [1.29, 1.82) is 0 Å². The van der Waals surface area contributed by atoms with Gasteiger partial charge in [0.25, 0.3) is 0 Å². The molecule has 0 bridgehead atoms. The fraction of sp³-hybridized carbons (Fsp3) is 0.526. The molecule has 0 radical (unpaired) electrons. The number of hydrogen-bond acceptors (Lipinski definition) is 6. The van der Waals surface area contributed by atoms with Gasteiger partial charge in [0.05, 0.1) is 16.5 Å². The first-order chi connectivity index (χ1) is 13.7. The van der Waals surface area contributed by atoms with E-state index in [1.807, 2.05) is 12.1 Å². The number of aromatic nitrogens is 2. The summed E-state index contributed by atoms with van der Waals surface area (Å²) < 4.78 is 28.9. The van der Waals surface area contributed by atoms with Gasteiger partial charge < -0.3 is 0 Å². The lowest BCUT2D eigenvalue weighted by atomic mass is 10.1. The van der Waals surface area contributed by atoms with Gasteiger partial charge in [0.1, 0.15) is 11.4 Å². The number of piperazine rings is 1. The second kappa shape index (κ2) is 8.60. The van der Waals surface area contributed by atoms with Crippen molar-refractivity contribution in [3.8, 4) is 0 Å². The summed E-state index contributed by atoms with van der Waals surface area (Å²) in [5, 5.41) is 15.4. The van der Waals surface area contributed by atoms with Crippen molar-refractivity contribution in [2.75, 3.05) is 26.2 Å². The SMILES string of the molecule is CCCc1ccc(S(=O)(=O)N2CCN(Cn3nc(C)c([N+](=O)[O-])c3C)CC2)cc1. The number of rotatable bonds is 7. The molecule has 1 fully saturated rings. The molecule has 1 aliphatic rings. The van der Waals surface area contributed by atoms with Gasteiger partial charge in [0.15, 0.2) is 0 Å². The molecule has 2 heterocycles. The minimum absolute atomic E-state index is 0.0396. The van der Waals surface area contributed by atoms with Crippen LogP contribution >= 0.6 is 0 Å². The first kappa shape index (κ1) is 21.4. The number of aryl methyl sites for hydroxylation is 2. The van der Waals surface area contributed by atoms with E-state index < -0.39 is 14.9 Å². The molecule has 0 atom stereocenters. The van der Waals surface area contributed by atoms with Gasteiger partial charge in [0, 0.05) is 26.2 Å². The summed E-state index contributed by atoms with van der Waals surface area (Å²) in [4.78, 5) is 13.1. The van der Waals surface area contributed by atoms with Crippen LogP contribution in [0.3, 0.4) is 0 Å². The molecule has 1 aliphatic heterocycles. The highest BCUT2D eigenvalue weighted by Crippen LogP contribution is 2.23. The third-order valence-electron chi connectivity index (χ3n) is 5.29. The van der Waals surface area contributed by atoms with Crippen LogP contribution in [0.2, 0.25) is 0 Å². The molecule has 158 valence electrons. The Morgan fingerprint density at radius 2 is 1.72 bits per heavy atom. The summed E-state index contributed by atoms with van der Waals surface area (Å²) in [5.74, 6) is 0. The van der Waals surface area contributed by atoms with Crippen LogP contribution in [0.1, 0.15) is 30.3 Å². The molecule has 29 heavy (non-hydrogen) atoms. The predicted octanol–water partition coefficient (Wildman–Crippen LogP) is 2.32. The molecular weight excluding hydrogens is 394 g/mol. The lowest BCUT2D eigenvalue weighted by molar-refractivity contribution is -0.386. The normalized spacial score (nSPS) is 16.2. The van der Waals surface area contributed by atoms with Crippen LogP contribution in [-0.2, 0) is 23.1 Å². The van der Waals surface area contributed by atoms with E-state index in [1.54, 1.807) is 30.7 Å². The lowest BCUT2D eigenvalue weighted by Gasteiger charge is -2.33. The highest BCUT2D eigenvalue weighted by molar-refractivity contribution is 7.89. The Kier molecular flexibility index (Phi) is 6.35. The smallest absolute Gasteiger partial charge is 0.282 e. The number of sulfonamides is 1. The monoisotopic (exact) mass is 421 g/mol. The molecule has 0 saturated carbocycles. The topological polar surface area (TPSA) is 102 Å². The standard InChI is InChI=1S/C19H27N5O4S/c1-4-5-17-6-8-18(9-7-17)29(27,28)22-12-10-21(11-13-22)14-23-16(3)19(24(25)26)15(2)20-23/h6-9H,4-5,10-14H2,1-3H3. The minimum atomic E-state index is -3.52. The summed E-state index contributed by atoms with van der Waals surface area (Å²) >= 11 is 0.